The van der Waals surface area contributed by atoms with Crippen LogP contribution < -0.4 is 10.1 Å². The second kappa shape index (κ2) is 6.85. The number of nitrogens with one attached hydrogen (secondary N) is 1. The van der Waals surface area contributed by atoms with E-state index in [9.17, 15) is 9.59 Å². The highest BCUT2D eigenvalue weighted by atomic mass is 32.1. The lowest BCUT2D eigenvalue weighted by atomic mass is 10.1. The van der Waals surface area contributed by atoms with Gasteiger partial charge in [-0.2, -0.15) is 0 Å². The van der Waals surface area contributed by atoms with Crippen molar-refractivity contribution in [1.29, 1.82) is 0 Å². The Balaban J connectivity index is 2.09. The Morgan fingerprint density at radius 2 is 2.00 bits per heavy atom. The zero-order valence-corrected chi connectivity index (χ0v) is 12.4. The molecule has 2 rings (SSSR count). The second-order valence-corrected chi connectivity index (χ2v) is 4.80. The molecule has 1 aromatic carbocycles. The highest BCUT2D eigenvalue weighted by Gasteiger charge is 2.14. The van der Waals surface area contributed by atoms with Crippen LogP contribution in [0, 0.1) is 0 Å². The number of hydrogen-bond acceptors (Lipinski definition) is 6. The predicted octanol–water partition coefficient (Wildman–Crippen LogP) is 2.95. The van der Waals surface area contributed by atoms with Gasteiger partial charge in [-0.1, -0.05) is 0 Å². The van der Waals surface area contributed by atoms with Gasteiger partial charge in [-0.15, -0.1) is 11.3 Å². The van der Waals surface area contributed by atoms with Gasteiger partial charge in [0.25, 0.3) is 0 Å². The lowest BCUT2D eigenvalue weighted by molar-refractivity contribution is 0.103. The largest absolute Gasteiger partial charge is 0.497 e. The minimum absolute atomic E-state index is 0.217. The number of ether oxygens (including phenoxy) is 2. The summed E-state index contributed by atoms with van der Waals surface area (Å²) in [5.41, 5.74) is 0.778. The van der Waals surface area contributed by atoms with Gasteiger partial charge >= 0.3 is 6.09 Å². The maximum absolute atomic E-state index is 12.2. The van der Waals surface area contributed by atoms with Crippen molar-refractivity contribution in [2.45, 2.75) is 6.92 Å². The van der Waals surface area contributed by atoms with Crippen LogP contribution in [0.4, 0.5) is 9.93 Å². The van der Waals surface area contributed by atoms with Gasteiger partial charge in [-0.05, 0) is 31.2 Å². The number of aromatic nitrogens is 1. The third-order valence-corrected chi connectivity index (χ3v) is 3.33. The van der Waals surface area contributed by atoms with Crippen LogP contribution >= 0.6 is 11.3 Å². The number of ketones is 1. The van der Waals surface area contributed by atoms with E-state index in [1.807, 2.05) is 0 Å². The number of amides is 1. The Labute approximate surface area is 125 Å². The first-order valence-electron chi connectivity index (χ1n) is 6.22. The van der Waals surface area contributed by atoms with Crippen molar-refractivity contribution >= 4 is 28.3 Å². The van der Waals surface area contributed by atoms with Crippen LogP contribution in [0.5, 0.6) is 5.75 Å². The SMILES string of the molecule is CCOC(=O)Nc1nc(C(=O)c2ccc(OC)cc2)cs1. The highest BCUT2D eigenvalue weighted by molar-refractivity contribution is 7.14. The molecule has 0 aliphatic heterocycles. The molecule has 0 saturated heterocycles. The van der Waals surface area contributed by atoms with E-state index in [0.29, 0.717) is 16.4 Å². The molecule has 0 aliphatic carbocycles. The summed E-state index contributed by atoms with van der Waals surface area (Å²) in [6.45, 7) is 1.98. The van der Waals surface area contributed by atoms with Crippen molar-refractivity contribution < 1.29 is 19.1 Å². The molecule has 0 saturated carbocycles. The van der Waals surface area contributed by atoms with Gasteiger partial charge in [0.15, 0.2) is 5.13 Å². The fraction of sp³-hybridized carbons (Fsp3) is 0.214. The summed E-state index contributed by atoms with van der Waals surface area (Å²) in [6, 6.07) is 6.74. The maximum Gasteiger partial charge on any atom is 0.413 e. The smallest absolute Gasteiger partial charge is 0.413 e. The molecule has 0 atom stereocenters. The van der Waals surface area contributed by atoms with E-state index in [4.69, 9.17) is 9.47 Å². The first-order chi connectivity index (χ1) is 10.1. The monoisotopic (exact) mass is 306 g/mol. The van der Waals surface area contributed by atoms with Gasteiger partial charge in [0.05, 0.1) is 13.7 Å². The van der Waals surface area contributed by atoms with E-state index < -0.39 is 6.09 Å². The van der Waals surface area contributed by atoms with Crippen LogP contribution in [0.1, 0.15) is 23.0 Å². The van der Waals surface area contributed by atoms with E-state index >= 15 is 0 Å². The average Bonchev–Trinajstić information content (AvgIpc) is 2.95. The molecule has 0 spiro atoms. The number of hydrogen-bond donors (Lipinski definition) is 1. The predicted molar refractivity (Wildman–Crippen MR) is 79.2 cm³/mol. The third-order valence-electron chi connectivity index (χ3n) is 2.57. The van der Waals surface area contributed by atoms with Gasteiger partial charge in [0, 0.05) is 10.9 Å². The number of methoxy groups -OCH3 is 1. The summed E-state index contributed by atoms with van der Waals surface area (Å²) in [7, 11) is 1.56. The Hall–Kier alpha value is -2.41. The molecule has 1 N–H and O–H groups in total. The average molecular weight is 306 g/mol. The molecule has 1 aromatic heterocycles. The van der Waals surface area contributed by atoms with Crippen molar-refractivity contribution in [2.75, 3.05) is 19.0 Å². The molecule has 1 heterocycles. The van der Waals surface area contributed by atoms with Gasteiger partial charge in [-0.3, -0.25) is 10.1 Å². The number of thiazole rings is 1. The molecule has 6 nitrogen and oxygen atoms in total. The minimum atomic E-state index is -0.588. The van der Waals surface area contributed by atoms with Crippen LogP contribution in [0.15, 0.2) is 29.6 Å². The van der Waals surface area contributed by atoms with Crippen LogP contribution in [-0.2, 0) is 4.74 Å². The minimum Gasteiger partial charge on any atom is -0.497 e. The van der Waals surface area contributed by atoms with Gasteiger partial charge in [0.2, 0.25) is 5.78 Å². The quantitative estimate of drug-likeness (QED) is 0.859. The van der Waals surface area contributed by atoms with Crippen LogP contribution in [0.25, 0.3) is 0 Å². The number of carbonyl (C=O) groups is 2. The second-order valence-electron chi connectivity index (χ2n) is 3.94. The molecular weight excluding hydrogens is 292 g/mol. The Bertz CT molecular complexity index is 637. The molecule has 0 bridgehead atoms. The zero-order valence-electron chi connectivity index (χ0n) is 11.6. The fourth-order valence-electron chi connectivity index (χ4n) is 1.58. The van der Waals surface area contributed by atoms with E-state index in [1.54, 1.807) is 43.7 Å². The number of anilines is 1. The van der Waals surface area contributed by atoms with Crippen molar-refractivity contribution in [3.63, 3.8) is 0 Å². The molecule has 0 unspecified atom stereocenters. The van der Waals surface area contributed by atoms with Crippen molar-refractivity contribution in [2.24, 2.45) is 0 Å². The Morgan fingerprint density at radius 1 is 1.29 bits per heavy atom. The van der Waals surface area contributed by atoms with Gasteiger partial charge in [0.1, 0.15) is 11.4 Å². The first kappa shape index (κ1) is 15.0. The molecular formula is C14H14N2O4S. The van der Waals surface area contributed by atoms with Gasteiger partial charge < -0.3 is 9.47 Å². The summed E-state index contributed by atoms with van der Waals surface area (Å²) >= 11 is 1.17. The number of rotatable bonds is 5. The number of carbonyl (C=O) groups excluding carboxylic acids is 2. The topological polar surface area (TPSA) is 77.5 Å². The number of benzene rings is 1. The summed E-state index contributed by atoms with van der Waals surface area (Å²) in [5.74, 6) is 0.459. The van der Waals surface area contributed by atoms with E-state index in [0.717, 1.165) is 0 Å². The van der Waals surface area contributed by atoms with Crippen molar-refractivity contribution in [3.05, 3.63) is 40.9 Å². The fourth-order valence-corrected chi connectivity index (χ4v) is 2.26. The number of nitrogens with zero attached hydrogens (tertiary/aromatic N) is 1. The maximum atomic E-state index is 12.2. The molecule has 7 heteroatoms. The standard InChI is InChI=1S/C14H14N2O4S/c1-3-20-14(18)16-13-15-11(8-21-13)12(17)9-4-6-10(19-2)7-5-9/h4-8H,3H2,1-2H3,(H,15,16,18). The van der Waals surface area contributed by atoms with Crippen LogP contribution in [0.2, 0.25) is 0 Å². The Kier molecular flexibility index (Phi) is 4.89. The summed E-state index contributed by atoms with van der Waals surface area (Å²) in [5, 5.41) is 4.38. The molecule has 2 aromatic rings. The van der Waals surface area contributed by atoms with Crippen molar-refractivity contribution in [3.8, 4) is 5.75 Å². The van der Waals surface area contributed by atoms with Gasteiger partial charge in [-0.25, -0.2) is 9.78 Å². The van der Waals surface area contributed by atoms with Crippen LogP contribution in [0.3, 0.4) is 0 Å². The molecule has 110 valence electrons. The Morgan fingerprint density at radius 3 is 2.62 bits per heavy atom. The molecule has 0 aliphatic rings. The van der Waals surface area contributed by atoms with Crippen LogP contribution in [-0.4, -0.2) is 30.6 Å². The first-order valence-corrected chi connectivity index (χ1v) is 7.10. The molecule has 0 fully saturated rings. The summed E-state index contributed by atoms with van der Waals surface area (Å²) < 4.78 is 9.78. The third kappa shape index (κ3) is 3.79. The molecule has 1 amide bonds. The summed E-state index contributed by atoms with van der Waals surface area (Å²) in [6.07, 6.45) is -0.588. The lowest BCUT2D eigenvalue weighted by Crippen LogP contribution is -2.13. The molecule has 0 radical (unpaired) electrons. The van der Waals surface area contributed by atoms with E-state index in [1.165, 1.54) is 11.3 Å². The van der Waals surface area contributed by atoms with E-state index in [-0.39, 0.29) is 18.1 Å². The molecule has 21 heavy (non-hydrogen) atoms. The van der Waals surface area contributed by atoms with Crippen molar-refractivity contribution in [1.82, 2.24) is 4.98 Å². The highest BCUT2D eigenvalue weighted by Crippen LogP contribution is 2.19. The summed E-state index contributed by atoms with van der Waals surface area (Å²) in [4.78, 5) is 27.6. The zero-order chi connectivity index (χ0) is 15.2. The normalized spacial score (nSPS) is 10.0. The van der Waals surface area contributed by atoms with E-state index in [2.05, 4.69) is 10.3 Å². The lowest BCUT2D eigenvalue weighted by Gasteiger charge is -2.01.